The normalized spacial score (nSPS) is 18.4. The largest absolute Gasteiger partial charge is 0.350 e. The van der Waals surface area contributed by atoms with E-state index in [0.29, 0.717) is 17.3 Å². The molecule has 5 nitrogen and oxygen atoms in total. The Morgan fingerprint density at radius 1 is 1.19 bits per heavy atom. The first kappa shape index (κ1) is 17.7. The number of rotatable bonds is 4. The number of nitrogens with one attached hydrogen (secondary N) is 1. The van der Waals surface area contributed by atoms with Gasteiger partial charge in [0, 0.05) is 17.3 Å². The van der Waals surface area contributed by atoms with Gasteiger partial charge in [0.2, 0.25) is 11.8 Å². The first-order valence-electron chi connectivity index (χ1n) is 9.11. The van der Waals surface area contributed by atoms with E-state index in [1.165, 1.54) is 0 Å². The second-order valence-electron chi connectivity index (χ2n) is 6.86. The van der Waals surface area contributed by atoms with Crippen molar-refractivity contribution in [3.8, 4) is 0 Å². The maximum absolute atomic E-state index is 13.1. The number of anilines is 1. The van der Waals surface area contributed by atoms with Crippen LogP contribution in [0.4, 0.5) is 11.4 Å². The molecular weight excluding hydrogens is 362 g/mol. The van der Waals surface area contributed by atoms with E-state index in [2.05, 4.69) is 5.32 Å². The number of carbonyl (C=O) groups excluding carboxylic acids is 2. The maximum Gasteiger partial charge on any atom is 0.240 e. The van der Waals surface area contributed by atoms with Crippen molar-refractivity contribution in [1.82, 2.24) is 5.32 Å². The average Bonchev–Trinajstić information content (AvgIpc) is 3.10. The average molecular weight is 382 g/mol. The molecule has 1 heterocycles. The van der Waals surface area contributed by atoms with E-state index >= 15 is 0 Å². The molecule has 1 aliphatic carbocycles. The number of carbonyl (C=O) groups is 2. The van der Waals surface area contributed by atoms with E-state index in [1.807, 2.05) is 36.4 Å². The summed E-state index contributed by atoms with van der Waals surface area (Å²) in [5, 5.41) is 3.54. The molecule has 1 fully saturated rings. The third-order valence-electron chi connectivity index (χ3n) is 5.03. The van der Waals surface area contributed by atoms with Gasteiger partial charge in [0.1, 0.15) is 6.54 Å². The lowest BCUT2D eigenvalue weighted by atomic mass is 10.1. The number of halogens is 1. The molecule has 2 aromatic carbocycles. The van der Waals surface area contributed by atoms with Gasteiger partial charge in [0.25, 0.3) is 0 Å². The summed E-state index contributed by atoms with van der Waals surface area (Å²) in [6, 6.07) is 14.8. The number of amides is 2. The fourth-order valence-corrected chi connectivity index (χ4v) is 3.77. The summed E-state index contributed by atoms with van der Waals surface area (Å²) in [4.78, 5) is 31.9. The highest BCUT2D eigenvalue weighted by atomic mass is 35.5. The lowest BCUT2D eigenvalue weighted by Crippen LogP contribution is -2.43. The fraction of sp³-hybridized carbons (Fsp3) is 0.286. The Hall–Kier alpha value is -2.66. The highest BCUT2D eigenvalue weighted by Gasteiger charge is 2.36. The molecule has 0 bridgehead atoms. The van der Waals surface area contributed by atoms with E-state index in [0.717, 1.165) is 36.2 Å². The minimum Gasteiger partial charge on any atom is -0.350 e. The molecule has 2 aromatic rings. The molecule has 1 aliphatic heterocycles. The van der Waals surface area contributed by atoms with E-state index in [1.54, 1.807) is 17.0 Å². The highest BCUT2D eigenvalue weighted by molar-refractivity contribution is 6.30. The van der Waals surface area contributed by atoms with Gasteiger partial charge in [0.05, 0.1) is 17.3 Å². The summed E-state index contributed by atoms with van der Waals surface area (Å²) in [6.45, 7) is 0.383. The molecule has 138 valence electrons. The van der Waals surface area contributed by atoms with E-state index in [-0.39, 0.29) is 24.3 Å². The van der Waals surface area contributed by atoms with Gasteiger partial charge >= 0.3 is 0 Å². The van der Waals surface area contributed by atoms with Crippen LogP contribution in [-0.2, 0) is 16.1 Å². The lowest BCUT2D eigenvalue weighted by Gasteiger charge is -2.24. The number of para-hydroxylation sites is 2. The Kier molecular flexibility index (Phi) is 4.94. The van der Waals surface area contributed by atoms with E-state index in [9.17, 15) is 9.59 Å². The first-order chi connectivity index (χ1) is 13.1. The van der Waals surface area contributed by atoms with Crippen LogP contribution in [-0.4, -0.2) is 24.1 Å². The summed E-state index contributed by atoms with van der Waals surface area (Å²) in [6.07, 6.45) is 2.61. The van der Waals surface area contributed by atoms with Gasteiger partial charge in [-0.1, -0.05) is 35.9 Å². The Morgan fingerprint density at radius 2 is 1.96 bits per heavy atom. The van der Waals surface area contributed by atoms with Crippen LogP contribution in [0, 0.1) is 5.92 Å². The van der Waals surface area contributed by atoms with Crippen LogP contribution < -0.4 is 10.2 Å². The maximum atomic E-state index is 13.1. The van der Waals surface area contributed by atoms with Crippen LogP contribution in [0.2, 0.25) is 5.02 Å². The van der Waals surface area contributed by atoms with Crippen LogP contribution in [0.15, 0.2) is 53.5 Å². The molecule has 0 radical (unpaired) electrons. The summed E-state index contributed by atoms with van der Waals surface area (Å²) in [5.41, 5.74) is 3.36. The topological polar surface area (TPSA) is 61.8 Å². The SMILES string of the molecule is O=C(CN1C(=O)C2CCCC2=Nc2ccccc21)NCc1ccc(Cl)cc1. The summed E-state index contributed by atoms with van der Waals surface area (Å²) >= 11 is 5.88. The minimum absolute atomic E-state index is 0.0112. The molecule has 1 unspecified atom stereocenters. The van der Waals surface area contributed by atoms with Crippen molar-refractivity contribution in [2.75, 3.05) is 11.4 Å². The van der Waals surface area contributed by atoms with Crippen molar-refractivity contribution in [3.05, 3.63) is 59.1 Å². The Morgan fingerprint density at radius 3 is 2.78 bits per heavy atom. The summed E-state index contributed by atoms with van der Waals surface area (Å²) in [5.74, 6) is -0.436. The fourth-order valence-electron chi connectivity index (χ4n) is 3.64. The van der Waals surface area contributed by atoms with Crippen LogP contribution in [0.5, 0.6) is 0 Å². The van der Waals surface area contributed by atoms with Crippen molar-refractivity contribution < 1.29 is 9.59 Å². The molecule has 27 heavy (non-hydrogen) atoms. The van der Waals surface area contributed by atoms with Crippen LogP contribution >= 0.6 is 11.6 Å². The van der Waals surface area contributed by atoms with Crippen molar-refractivity contribution in [2.24, 2.45) is 10.9 Å². The second kappa shape index (κ2) is 7.53. The van der Waals surface area contributed by atoms with Gasteiger partial charge in [0.15, 0.2) is 0 Å². The molecule has 0 aromatic heterocycles. The molecule has 2 amide bonds. The number of hydrogen-bond acceptors (Lipinski definition) is 3. The monoisotopic (exact) mass is 381 g/mol. The van der Waals surface area contributed by atoms with E-state index < -0.39 is 0 Å². The van der Waals surface area contributed by atoms with Gasteiger partial charge in [-0.25, -0.2) is 0 Å². The van der Waals surface area contributed by atoms with Crippen molar-refractivity contribution in [2.45, 2.75) is 25.8 Å². The predicted molar refractivity (Wildman–Crippen MR) is 107 cm³/mol. The van der Waals surface area contributed by atoms with Crippen molar-refractivity contribution >= 4 is 40.5 Å². The second-order valence-corrected chi connectivity index (χ2v) is 7.30. The molecule has 1 atom stereocenters. The minimum atomic E-state index is -0.207. The van der Waals surface area contributed by atoms with E-state index in [4.69, 9.17) is 16.6 Å². The Bertz CT molecular complexity index is 908. The summed E-state index contributed by atoms with van der Waals surface area (Å²) < 4.78 is 0. The summed E-state index contributed by atoms with van der Waals surface area (Å²) in [7, 11) is 0. The number of hydrogen-bond donors (Lipinski definition) is 1. The zero-order valence-corrected chi connectivity index (χ0v) is 15.6. The van der Waals surface area contributed by atoms with Crippen LogP contribution in [0.1, 0.15) is 24.8 Å². The third kappa shape index (κ3) is 3.74. The third-order valence-corrected chi connectivity index (χ3v) is 5.29. The number of aliphatic imine (C=N–C) groups is 1. The van der Waals surface area contributed by atoms with Crippen LogP contribution in [0.3, 0.4) is 0 Å². The first-order valence-corrected chi connectivity index (χ1v) is 9.48. The highest BCUT2D eigenvalue weighted by Crippen LogP contribution is 2.37. The van der Waals surface area contributed by atoms with Gasteiger partial charge in [-0.05, 0) is 49.1 Å². The van der Waals surface area contributed by atoms with Crippen LogP contribution in [0.25, 0.3) is 0 Å². The van der Waals surface area contributed by atoms with Gasteiger partial charge in [-0.3, -0.25) is 14.6 Å². The number of nitrogens with zero attached hydrogens (tertiary/aromatic N) is 2. The predicted octanol–water partition coefficient (Wildman–Crippen LogP) is 3.88. The lowest BCUT2D eigenvalue weighted by molar-refractivity contribution is -0.124. The zero-order valence-electron chi connectivity index (χ0n) is 14.8. The standard InChI is InChI=1S/C21H20ClN3O2/c22-15-10-8-14(9-11-15)12-23-20(26)13-25-19-7-2-1-5-18(19)24-17-6-3-4-16(17)21(25)27/h1-2,5,7-11,16H,3-4,6,12-13H2,(H,23,26). The molecule has 1 saturated carbocycles. The number of benzene rings is 2. The Labute approximate surface area is 163 Å². The van der Waals surface area contributed by atoms with Gasteiger partial charge in [-0.2, -0.15) is 0 Å². The molecule has 0 spiro atoms. The molecule has 6 heteroatoms. The zero-order chi connectivity index (χ0) is 18.8. The van der Waals surface area contributed by atoms with Gasteiger partial charge < -0.3 is 10.2 Å². The molecular formula is C21H20ClN3O2. The quantitative estimate of drug-likeness (QED) is 0.873. The Balaban J connectivity index is 1.51. The number of fused-ring (bicyclic) bond motifs is 2. The molecule has 1 N–H and O–H groups in total. The molecule has 4 rings (SSSR count). The van der Waals surface area contributed by atoms with Gasteiger partial charge in [-0.15, -0.1) is 0 Å². The van der Waals surface area contributed by atoms with Crippen molar-refractivity contribution in [1.29, 1.82) is 0 Å². The molecule has 0 saturated heterocycles. The molecule has 2 aliphatic rings. The van der Waals surface area contributed by atoms with Crippen molar-refractivity contribution in [3.63, 3.8) is 0 Å². The smallest absolute Gasteiger partial charge is 0.240 e.